The van der Waals surface area contributed by atoms with E-state index in [1.807, 2.05) is 43.6 Å². The molecule has 0 atom stereocenters. The minimum Gasteiger partial charge on any atom is -0.489 e. The molecule has 0 bridgehead atoms. The second-order valence-corrected chi connectivity index (χ2v) is 13.1. The van der Waals surface area contributed by atoms with Crippen molar-refractivity contribution in [3.63, 3.8) is 0 Å². The Hall–Kier alpha value is -4.35. The van der Waals surface area contributed by atoms with Crippen LogP contribution in [0.1, 0.15) is 57.4 Å². The summed E-state index contributed by atoms with van der Waals surface area (Å²) in [5, 5.41) is 17.6. The number of rotatable bonds is 8. The topological polar surface area (TPSA) is 130 Å². The molecule has 2 fully saturated rings. The molecule has 2 aliphatic heterocycles. The van der Waals surface area contributed by atoms with E-state index in [9.17, 15) is 5.11 Å². The second kappa shape index (κ2) is 13.2. The number of fused-ring (bicyclic) bond motifs is 1. The van der Waals surface area contributed by atoms with E-state index in [1.54, 1.807) is 12.4 Å². The molecule has 11 heteroatoms. The van der Waals surface area contributed by atoms with Gasteiger partial charge in [0.1, 0.15) is 23.5 Å². The Balaban J connectivity index is 1.12. The van der Waals surface area contributed by atoms with Gasteiger partial charge in [-0.05, 0) is 89.6 Å². The number of anilines is 3. The van der Waals surface area contributed by atoms with E-state index in [4.69, 9.17) is 24.4 Å². The molecular formula is C35H42N8O3. The average molecular weight is 623 g/mol. The predicted molar refractivity (Wildman–Crippen MR) is 177 cm³/mol. The van der Waals surface area contributed by atoms with Gasteiger partial charge in [-0.15, -0.1) is 0 Å². The Labute approximate surface area is 269 Å². The maximum Gasteiger partial charge on any atom is 0.216 e. The lowest BCUT2D eigenvalue weighted by Gasteiger charge is -2.34. The Morgan fingerprint density at radius 2 is 1.80 bits per heavy atom. The van der Waals surface area contributed by atoms with E-state index in [2.05, 4.69) is 38.6 Å². The molecule has 4 aromatic heterocycles. The maximum atomic E-state index is 10.5. The van der Waals surface area contributed by atoms with E-state index in [-0.39, 0.29) is 12.1 Å². The molecular weight excluding hydrogens is 580 g/mol. The summed E-state index contributed by atoms with van der Waals surface area (Å²) in [5.74, 6) is 3.35. The summed E-state index contributed by atoms with van der Waals surface area (Å²) in [4.78, 5) is 25.6. The van der Waals surface area contributed by atoms with Crippen LogP contribution in [0, 0.1) is 0 Å². The van der Waals surface area contributed by atoms with Crippen LogP contribution < -0.4 is 20.1 Å². The fourth-order valence-electron chi connectivity index (χ4n) is 6.41. The van der Waals surface area contributed by atoms with Gasteiger partial charge in [-0.3, -0.25) is 4.98 Å². The van der Waals surface area contributed by atoms with Crippen LogP contribution in [0.2, 0.25) is 0 Å². The normalized spacial score (nSPS) is 22.0. The molecule has 0 amide bonds. The predicted octanol–water partition coefficient (Wildman–Crippen LogP) is 5.64. The highest BCUT2D eigenvalue weighted by Gasteiger charge is 2.29. The first-order valence-corrected chi connectivity index (χ1v) is 16.4. The Morgan fingerprint density at radius 3 is 2.61 bits per heavy atom. The van der Waals surface area contributed by atoms with Crippen LogP contribution in [-0.4, -0.2) is 79.4 Å². The molecule has 6 heterocycles. The van der Waals surface area contributed by atoms with E-state index in [1.165, 1.54) is 0 Å². The third kappa shape index (κ3) is 7.21. The number of ether oxygens (including phenoxy) is 2. The molecule has 3 aliphatic rings. The zero-order valence-electron chi connectivity index (χ0n) is 26.6. The Kier molecular flexibility index (Phi) is 8.68. The molecule has 4 aromatic rings. The highest BCUT2D eigenvalue weighted by atomic mass is 16.5. The van der Waals surface area contributed by atoms with Gasteiger partial charge in [-0.25, -0.2) is 19.9 Å². The lowest BCUT2D eigenvalue weighted by molar-refractivity contribution is 0.0196. The summed E-state index contributed by atoms with van der Waals surface area (Å²) >= 11 is 0. The van der Waals surface area contributed by atoms with Crippen LogP contribution in [0.5, 0.6) is 11.6 Å². The first kappa shape index (κ1) is 30.3. The van der Waals surface area contributed by atoms with E-state index in [0.717, 1.165) is 98.3 Å². The molecule has 46 heavy (non-hydrogen) atoms. The molecule has 1 saturated carbocycles. The number of aromatic nitrogens is 5. The number of nitrogens with zero attached hydrogens (tertiary/aromatic N) is 6. The molecule has 240 valence electrons. The molecule has 0 radical (unpaired) electrons. The van der Waals surface area contributed by atoms with Crippen LogP contribution in [-0.2, 0) is 6.42 Å². The third-order valence-corrected chi connectivity index (χ3v) is 9.23. The maximum absolute atomic E-state index is 10.5. The van der Waals surface area contributed by atoms with Crippen molar-refractivity contribution < 1.29 is 14.6 Å². The number of piperidine rings is 1. The lowest BCUT2D eigenvalue weighted by atomic mass is 9.83. The van der Waals surface area contributed by atoms with Crippen molar-refractivity contribution in [2.75, 3.05) is 37.4 Å². The summed E-state index contributed by atoms with van der Waals surface area (Å²) in [5.41, 5.74) is 3.96. The second-order valence-electron chi connectivity index (χ2n) is 13.1. The number of hydrogen-bond donors (Lipinski definition) is 3. The van der Waals surface area contributed by atoms with E-state index < -0.39 is 5.60 Å². The number of likely N-dealkylation sites (tertiary alicyclic amines) is 1. The Bertz CT molecular complexity index is 1650. The summed E-state index contributed by atoms with van der Waals surface area (Å²) in [6.07, 6.45) is 14.6. The van der Waals surface area contributed by atoms with Gasteiger partial charge >= 0.3 is 0 Å². The minimum atomic E-state index is -0.609. The third-order valence-electron chi connectivity index (χ3n) is 9.23. The average Bonchev–Trinajstić information content (AvgIpc) is 3.07. The van der Waals surface area contributed by atoms with Gasteiger partial charge in [-0.1, -0.05) is 0 Å². The van der Waals surface area contributed by atoms with Crippen molar-refractivity contribution in [1.82, 2.24) is 29.8 Å². The first-order chi connectivity index (χ1) is 22.4. The summed E-state index contributed by atoms with van der Waals surface area (Å²) < 4.78 is 11.9. The fraction of sp³-hybridized carbons (Fsp3) is 0.457. The van der Waals surface area contributed by atoms with E-state index >= 15 is 0 Å². The van der Waals surface area contributed by atoms with Crippen molar-refractivity contribution >= 4 is 17.3 Å². The highest BCUT2D eigenvalue weighted by Crippen LogP contribution is 2.35. The van der Waals surface area contributed by atoms with Gasteiger partial charge < -0.3 is 30.1 Å². The molecule has 0 aromatic carbocycles. The quantitative estimate of drug-likeness (QED) is 0.226. The van der Waals surface area contributed by atoms with Gasteiger partial charge in [0.05, 0.1) is 24.1 Å². The molecule has 3 N–H and O–H groups in total. The van der Waals surface area contributed by atoms with Crippen LogP contribution in [0.15, 0.2) is 55.1 Å². The van der Waals surface area contributed by atoms with Crippen molar-refractivity contribution in [3.8, 4) is 34.3 Å². The van der Waals surface area contributed by atoms with Crippen LogP contribution in [0.4, 0.5) is 17.3 Å². The molecule has 1 saturated heterocycles. The van der Waals surface area contributed by atoms with Gasteiger partial charge in [0.2, 0.25) is 5.88 Å². The lowest BCUT2D eigenvalue weighted by Crippen LogP contribution is -2.35. The van der Waals surface area contributed by atoms with Crippen molar-refractivity contribution in [2.45, 2.75) is 76.0 Å². The van der Waals surface area contributed by atoms with Gasteiger partial charge in [-0.2, -0.15) is 0 Å². The number of pyridine rings is 3. The minimum absolute atomic E-state index is 0.219. The molecule has 0 spiro atoms. The van der Waals surface area contributed by atoms with Gasteiger partial charge in [0, 0.05) is 66.2 Å². The molecule has 11 nitrogen and oxygen atoms in total. The zero-order chi connectivity index (χ0) is 31.5. The van der Waals surface area contributed by atoms with E-state index in [0.29, 0.717) is 29.9 Å². The van der Waals surface area contributed by atoms with Crippen molar-refractivity contribution in [2.24, 2.45) is 0 Å². The van der Waals surface area contributed by atoms with Gasteiger partial charge in [0.25, 0.3) is 0 Å². The zero-order valence-corrected chi connectivity index (χ0v) is 26.6. The van der Waals surface area contributed by atoms with Crippen LogP contribution in [0.3, 0.4) is 0 Å². The van der Waals surface area contributed by atoms with Gasteiger partial charge in [0.15, 0.2) is 5.82 Å². The fourth-order valence-corrected chi connectivity index (χ4v) is 6.41. The highest BCUT2D eigenvalue weighted by molar-refractivity contribution is 5.78. The first-order valence-electron chi connectivity index (χ1n) is 16.4. The molecule has 1 aliphatic carbocycles. The van der Waals surface area contributed by atoms with Crippen LogP contribution in [0.25, 0.3) is 22.6 Å². The Morgan fingerprint density at radius 1 is 0.957 bits per heavy atom. The standard InChI is InChI=1S/C35H42N8O3/c1-35(44)12-7-25(8-13-35)40-30-19-32(38-22-28(30)29-6-5-27(21-37-29)46-26-10-15-43(2)16-11-26)41-31-9-14-36-33(42-31)24-18-23-4-3-17-45-34(23)39-20-24/h5-6,9,14,18-22,25-26,44H,3-4,7-8,10-13,15-17H2,1-2H3,(H2,36,38,40,41,42). The van der Waals surface area contributed by atoms with Crippen LogP contribution >= 0.6 is 0 Å². The summed E-state index contributed by atoms with van der Waals surface area (Å²) in [7, 11) is 2.15. The molecule has 7 rings (SSSR count). The van der Waals surface area contributed by atoms with Crippen molar-refractivity contribution in [1.29, 1.82) is 0 Å². The smallest absolute Gasteiger partial charge is 0.216 e. The molecule has 0 unspecified atom stereocenters. The largest absolute Gasteiger partial charge is 0.489 e. The number of aliphatic hydroxyl groups is 1. The summed E-state index contributed by atoms with van der Waals surface area (Å²) in [6.45, 7) is 4.72. The summed E-state index contributed by atoms with van der Waals surface area (Å²) in [6, 6.07) is 10.1. The van der Waals surface area contributed by atoms with Crippen molar-refractivity contribution in [3.05, 3.63) is 60.7 Å². The number of aryl methyl sites for hydroxylation is 1. The SMILES string of the molecule is CN1CCC(Oc2ccc(-c3cnc(Nc4ccnc(-c5cnc6c(c5)CCCO6)n4)cc3NC3CCC(C)(O)CC3)nc2)CC1. The monoisotopic (exact) mass is 622 g/mol. The number of nitrogens with one attached hydrogen (secondary N) is 2. The number of hydrogen-bond acceptors (Lipinski definition) is 11.